The lowest BCUT2D eigenvalue weighted by Gasteiger charge is -2.43. The van der Waals surface area contributed by atoms with Crippen LogP contribution in [-0.4, -0.2) is 30.2 Å². The van der Waals surface area contributed by atoms with E-state index in [0.29, 0.717) is 0 Å². The summed E-state index contributed by atoms with van der Waals surface area (Å²) in [5.74, 6) is -3.65. The highest BCUT2D eigenvalue weighted by Crippen LogP contribution is 2.28. The Labute approximate surface area is 172 Å². The van der Waals surface area contributed by atoms with Crippen molar-refractivity contribution in [3.05, 3.63) is 59.9 Å². The Hall–Kier alpha value is -3.46. The van der Waals surface area contributed by atoms with Gasteiger partial charge in [-0.15, -0.1) is 0 Å². The zero-order valence-corrected chi connectivity index (χ0v) is 16.2. The van der Waals surface area contributed by atoms with Crippen LogP contribution in [0.3, 0.4) is 0 Å². The third kappa shape index (κ3) is 4.11. The van der Waals surface area contributed by atoms with Crippen LogP contribution in [0.15, 0.2) is 48.5 Å². The van der Waals surface area contributed by atoms with E-state index >= 15 is 0 Å². The van der Waals surface area contributed by atoms with Gasteiger partial charge in [-0.3, -0.25) is 19.7 Å². The summed E-state index contributed by atoms with van der Waals surface area (Å²) < 4.78 is 14.1. The predicted octanol–water partition coefficient (Wildman–Crippen LogP) is 1.27. The van der Waals surface area contributed by atoms with Crippen molar-refractivity contribution in [3.63, 3.8) is 0 Å². The van der Waals surface area contributed by atoms with Crippen LogP contribution in [0.25, 0.3) is 0 Å². The fraction of sp³-hybridized carbons (Fsp3) is 0.286. The van der Waals surface area contributed by atoms with Crippen LogP contribution >= 0.6 is 0 Å². The molecule has 156 valence electrons. The van der Waals surface area contributed by atoms with Crippen molar-refractivity contribution in [2.75, 3.05) is 10.6 Å². The highest BCUT2D eigenvalue weighted by molar-refractivity contribution is 6.00. The Morgan fingerprint density at radius 3 is 2.60 bits per heavy atom. The predicted molar refractivity (Wildman–Crippen MR) is 108 cm³/mol. The number of amides is 3. The van der Waals surface area contributed by atoms with Gasteiger partial charge in [0.15, 0.2) is 6.29 Å². The number of aryl methyl sites for hydroxylation is 1. The van der Waals surface area contributed by atoms with Crippen molar-refractivity contribution in [1.29, 1.82) is 0 Å². The van der Waals surface area contributed by atoms with E-state index in [1.165, 1.54) is 12.1 Å². The minimum absolute atomic E-state index is 0.0147. The Kier molecular flexibility index (Phi) is 5.37. The number of fused-ring (bicyclic) bond motifs is 1. The highest BCUT2D eigenvalue weighted by Gasteiger charge is 2.48. The smallest absolute Gasteiger partial charge is 0.229 e. The van der Waals surface area contributed by atoms with E-state index in [9.17, 15) is 18.8 Å². The molecule has 0 saturated carbocycles. The van der Waals surface area contributed by atoms with Gasteiger partial charge < -0.3 is 21.3 Å². The van der Waals surface area contributed by atoms with Crippen LogP contribution < -0.4 is 26.6 Å². The number of para-hydroxylation sites is 1. The topological polar surface area (TPSA) is 111 Å². The molecule has 0 aliphatic carbocycles. The van der Waals surface area contributed by atoms with Gasteiger partial charge in [-0.1, -0.05) is 24.3 Å². The van der Waals surface area contributed by atoms with Crippen LogP contribution in [0.5, 0.6) is 0 Å². The van der Waals surface area contributed by atoms with Gasteiger partial charge in [-0.25, -0.2) is 4.39 Å². The molecule has 3 amide bonds. The van der Waals surface area contributed by atoms with E-state index in [-0.39, 0.29) is 23.9 Å². The van der Waals surface area contributed by atoms with Gasteiger partial charge in [-0.05, 0) is 36.8 Å². The lowest BCUT2D eigenvalue weighted by molar-refractivity contribution is -0.144. The number of carbonyl (C=O) groups is 3. The molecule has 2 aliphatic rings. The fourth-order valence-corrected chi connectivity index (χ4v) is 3.80. The zero-order chi connectivity index (χ0) is 21.3. The Balaban J connectivity index is 1.49. The van der Waals surface area contributed by atoms with Crippen molar-refractivity contribution in [2.24, 2.45) is 11.8 Å². The Bertz CT molecular complexity index is 984. The van der Waals surface area contributed by atoms with Crippen molar-refractivity contribution < 1.29 is 18.8 Å². The number of nitrogens with one attached hydrogen (secondary N) is 5. The van der Waals surface area contributed by atoms with Gasteiger partial charge in [0.05, 0.1) is 23.7 Å². The third-order valence-electron chi connectivity index (χ3n) is 5.25. The van der Waals surface area contributed by atoms with E-state index < -0.39 is 36.0 Å². The van der Waals surface area contributed by atoms with E-state index in [4.69, 9.17) is 0 Å². The van der Waals surface area contributed by atoms with Crippen LogP contribution in [0.1, 0.15) is 12.0 Å². The van der Waals surface area contributed by atoms with Crippen LogP contribution in [-0.2, 0) is 14.4 Å². The number of carbonyl (C=O) groups excluding carboxylic acids is 3. The van der Waals surface area contributed by atoms with Crippen LogP contribution in [0.4, 0.5) is 15.8 Å². The Morgan fingerprint density at radius 1 is 1.10 bits per heavy atom. The number of anilines is 2. The minimum Gasteiger partial charge on any atom is -0.353 e. The molecule has 8 nitrogen and oxygen atoms in total. The van der Waals surface area contributed by atoms with Crippen LogP contribution in [0, 0.1) is 24.6 Å². The first-order valence-corrected chi connectivity index (χ1v) is 9.65. The molecule has 0 radical (unpaired) electrons. The molecule has 30 heavy (non-hydrogen) atoms. The first kappa shape index (κ1) is 19.8. The summed E-state index contributed by atoms with van der Waals surface area (Å²) in [6.07, 6.45) is -1.52. The molecule has 5 N–H and O–H groups in total. The average molecular weight is 411 g/mol. The summed E-state index contributed by atoms with van der Waals surface area (Å²) in [5, 5.41) is 14.2. The second-order valence-electron chi connectivity index (χ2n) is 7.47. The second-order valence-corrected chi connectivity index (χ2v) is 7.47. The summed E-state index contributed by atoms with van der Waals surface area (Å²) in [4.78, 5) is 37.9. The molecule has 9 heteroatoms. The number of rotatable bonds is 4. The molecular formula is C21H22FN5O3. The summed E-state index contributed by atoms with van der Waals surface area (Å²) >= 11 is 0. The van der Waals surface area contributed by atoms with Crippen LogP contribution in [0.2, 0.25) is 0 Å². The third-order valence-corrected chi connectivity index (χ3v) is 5.25. The van der Waals surface area contributed by atoms with Gasteiger partial charge in [0.1, 0.15) is 5.82 Å². The Morgan fingerprint density at radius 2 is 1.87 bits per heavy atom. The molecule has 4 rings (SSSR count). The van der Waals surface area contributed by atoms with Crippen molar-refractivity contribution in [3.8, 4) is 0 Å². The molecule has 2 fully saturated rings. The maximum absolute atomic E-state index is 14.1. The van der Waals surface area contributed by atoms with Gasteiger partial charge in [0, 0.05) is 12.1 Å². The number of hydrogen-bond donors (Lipinski definition) is 5. The first-order valence-electron chi connectivity index (χ1n) is 9.65. The summed E-state index contributed by atoms with van der Waals surface area (Å²) in [6, 6.07) is 13.7. The van der Waals surface area contributed by atoms with E-state index in [1.807, 2.05) is 30.3 Å². The highest BCUT2D eigenvalue weighted by atomic mass is 19.1. The molecule has 2 aliphatic heterocycles. The molecule has 4 atom stereocenters. The molecular weight excluding hydrogens is 389 g/mol. The maximum atomic E-state index is 14.1. The summed E-state index contributed by atoms with van der Waals surface area (Å²) in [6.45, 7) is 1.74. The summed E-state index contributed by atoms with van der Waals surface area (Å²) in [7, 11) is 0. The molecule has 0 bridgehead atoms. The molecule has 0 spiro atoms. The van der Waals surface area contributed by atoms with Gasteiger partial charge in [0.25, 0.3) is 0 Å². The van der Waals surface area contributed by atoms with Gasteiger partial charge >= 0.3 is 0 Å². The lowest BCUT2D eigenvalue weighted by atomic mass is 9.81. The number of halogens is 1. The second kappa shape index (κ2) is 8.11. The number of hydrogen-bond acceptors (Lipinski definition) is 5. The fourth-order valence-electron chi connectivity index (χ4n) is 3.80. The molecule has 2 aromatic carbocycles. The van der Waals surface area contributed by atoms with E-state index in [0.717, 1.165) is 11.3 Å². The van der Waals surface area contributed by atoms with E-state index in [1.54, 1.807) is 13.0 Å². The normalized spacial score (nSPS) is 25.5. The molecule has 0 aromatic heterocycles. The van der Waals surface area contributed by atoms with E-state index in [2.05, 4.69) is 26.6 Å². The quantitative estimate of drug-likeness (QED) is 0.520. The monoisotopic (exact) mass is 411 g/mol. The first-order chi connectivity index (χ1) is 14.4. The standard InChI is InChI=1S/C21H22FN5O3/c1-11-7-8-15(14(22)9-11)24-19(29)13-10-16(28)25-18-17(13)20(30)27-21(26-18)23-12-5-3-2-4-6-12/h2-9,13,17-18,21,23,26H,10H2,1H3,(H,24,29)(H,25,28)(H,27,30). The molecule has 2 heterocycles. The van der Waals surface area contributed by atoms with Gasteiger partial charge in [-0.2, -0.15) is 0 Å². The number of benzene rings is 2. The van der Waals surface area contributed by atoms with Crippen molar-refractivity contribution >= 4 is 29.1 Å². The SMILES string of the molecule is Cc1ccc(NC(=O)C2CC(=O)NC3NC(Nc4ccccc4)NC(=O)C32)c(F)c1. The summed E-state index contributed by atoms with van der Waals surface area (Å²) in [5.41, 5.74) is 1.51. The molecule has 2 saturated heterocycles. The molecule has 4 unspecified atom stereocenters. The van der Waals surface area contributed by atoms with Gasteiger partial charge in [0.2, 0.25) is 17.7 Å². The maximum Gasteiger partial charge on any atom is 0.229 e. The largest absolute Gasteiger partial charge is 0.353 e. The van der Waals surface area contributed by atoms with Crippen molar-refractivity contribution in [1.82, 2.24) is 16.0 Å². The zero-order valence-electron chi connectivity index (χ0n) is 16.2. The average Bonchev–Trinajstić information content (AvgIpc) is 2.70. The minimum atomic E-state index is -0.936. The lowest BCUT2D eigenvalue weighted by Crippen LogP contribution is -2.72. The molecule has 2 aromatic rings. The van der Waals surface area contributed by atoms with Crippen molar-refractivity contribution in [2.45, 2.75) is 25.8 Å². The number of piperidine rings is 1.